The first kappa shape index (κ1) is 26.0. The SMILES string of the molecule is CN(C)CCNc1nccc(Oc2cccc(C=CC(=O)Nc3ccc(Cl)c(C(F)(F)F)c3)c2)n1. The molecule has 0 spiro atoms. The van der Waals surface area contributed by atoms with Gasteiger partial charge in [-0.2, -0.15) is 18.2 Å². The molecule has 184 valence electrons. The Morgan fingerprint density at radius 3 is 2.71 bits per heavy atom. The zero-order chi connectivity index (χ0) is 25.4. The average molecular weight is 506 g/mol. The first-order valence-electron chi connectivity index (χ1n) is 10.5. The lowest BCUT2D eigenvalue weighted by Gasteiger charge is -2.11. The molecule has 0 aliphatic carbocycles. The molecule has 0 unspecified atom stereocenters. The third-order valence-corrected chi connectivity index (χ3v) is 4.85. The van der Waals surface area contributed by atoms with Crippen LogP contribution in [0.15, 0.2) is 60.8 Å². The van der Waals surface area contributed by atoms with Gasteiger partial charge in [0.15, 0.2) is 0 Å². The van der Waals surface area contributed by atoms with E-state index in [0.717, 1.165) is 18.7 Å². The number of carbonyl (C=O) groups is 1. The predicted molar refractivity (Wildman–Crippen MR) is 130 cm³/mol. The number of amides is 1. The average Bonchev–Trinajstić information content (AvgIpc) is 2.78. The van der Waals surface area contributed by atoms with E-state index in [0.29, 0.717) is 29.7 Å². The molecular formula is C24H23ClF3N5O2. The number of hydrogen-bond acceptors (Lipinski definition) is 6. The highest BCUT2D eigenvalue weighted by molar-refractivity contribution is 6.31. The lowest BCUT2D eigenvalue weighted by atomic mass is 10.2. The third kappa shape index (κ3) is 8.27. The van der Waals surface area contributed by atoms with Crippen LogP contribution in [-0.2, 0) is 11.0 Å². The van der Waals surface area contributed by atoms with Crippen molar-refractivity contribution in [1.82, 2.24) is 14.9 Å². The maximum absolute atomic E-state index is 13.0. The zero-order valence-corrected chi connectivity index (χ0v) is 19.7. The van der Waals surface area contributed by atoms with E-state index in [-0.39, 0.29) is 5.69 Å². The van der Waals surface area contributed by atoms with Gasteiger partial charge in [0, 0.05) is 37.1 Å². The number of ether oxygens (including phenoxy) is 1. The summed E-state index contributed by atoms with van der Waals surface area (Å²) in [5, 5.41) is 5.06. The van der Waals surface area contributed by atoms with E-state index in [1.165, 1.54) is 18.2 Å². The van der Waals surface area contributed by atoms with Crippen molar-refractivity contribution < 1.29 is 22.7 Å². The smallest absolute Gasteiger partial charge is 0.417 e. The monoisotopic (exact) mass is 505 g/mol. The Labute approximate surface area is 205 Å². The largest absolute Gasteiger partial charge is 0.439 e. The first-order valence-corrected chi connectivity index (χ1v) is 10.8. The molecule has 0 saturated heterocycles. The fraction of sp³-hybridized carbons (Fsp3) is 0.208. The van der Waals surface area contributed by atoms with Crippen molar-refractivity contribution in [3.05, 3.63) is 77.0 Å². The summed E-state index contributed by atoms with van der Waals surface area (Å²) in [6, 6.07) is 11.7. The lowest BCUT2D eigenvalue weighted by Crippen LogP contribution is -2.21. The lowest BCUT2D eigenvalue weighted by molar-refractivity contribution is -0.137. The van der Waals surface area contributed by atoms with Crippen LogP contribution in [0.5, 0.6) is 11.6 Å². The number of carbonyl (C=O) groups excluding carboxylic acids is 1. The summed E-state index contributed by atoms with van der Waals surface area (Å²) in [6.07, 6.45) is -0.328. The molecule has 1 amide bonds. The molecule has 7 nitrogen and oxygen atoms in total. The number of aromatic nitrogens is 2. The molecule has 2 aromatic carbocycles. The van der Waals surface area contributed by atoms with Gasteiger partial charge in [0.1, 0.15) is 5.75 Å². The van der Waals surface area contributed by atoms with Crippen molar-refractivity contribution in [2.45, 2.75) is 6.18 Å². The Morgan fingerprint density at radius 1 is 1.17 bits per heavy atom. The van der Waals surface area contributed by atoms with Gasteiger partial charge in [0.2, 0.25) is 17.7 Å². The normalized spacial score (nSPS) is 11.6. The van der Waals surface area contributed by atoms with E-state index in [1.807, 2.05) is 19.0 Å². The molecule has 0 bridgehead atoms. The van der Waals surface area contributed by atoms with E-state index < -0.39 is 22.7 Å². The molecule has 0 radical (unpaired) electrons. The summed E-state index contributed by atoms with van der Waals surface area (Å²) in [5.41, 5.74) is -0.401. The van der Waals surface area contributed by atoms with Crippen molar-refractivity contribution in [3.8, 4) is 11.6 Å². The summed E-state index contributed by atoms with van der Waals surface area (Å²) in [7, 11) is 3.93. The van der Waals surface area contributed by atoms with Gasteiger partial charge in [-0.1, -0.05) is 23.7 Å². The number of nitrogens with zero attached hydrogens (tertiary/aromatic N) is 3. The van der Waals surface area contributed by atoms with Gasteiger partial charge in [-0.3, -0.25) is 4.79 Å². The molecule has 0 fully saturated rings. The quantitative estimate of drug-likeness (QED) is 0.370. The van der Waals surface area contributed by atoms with Gasteiger partial charge < -0.3 is 20.3 Å². The van der Waals surface area contributed by atoms with E-state index >= 15 is 0 Å². The van der Waals surface area contributed by atoms with Gasteiger partial charge in [0.25, 0.3) is 0 Å². The van der Waals surface area contributed by atoms with Crippen LogP contribution in [0, 0.1) is 0 Å². The number of hydrogen-bond donors (Lipinski definition) is 2. The summed E-state index contributed by atoms with van der Waals surface area (Å²) in [6.45, 7) is 1.49. The van der Waals surface area contributed by atoms with Crippen molar-refractivity contribution in [2.75, 3.05) is 37.8 Å². The molecule has 35 heavy (non-hydrogen) atoms. The fourth-order valence-corrected chi connectivity index (χ4v) is 3.08. The number of rotatable bonds is 9. The van der Waals surface area contributed by atoms with Crippen LogP contribution in [-0.4, -0.2) is 48.0 Å². The maximum atomic E-state index is 13.0. The molecule has 0 saturated carbocycles. The van der Waals surface area contributed by atoms with Gasteiger partial charge >= 0.3 is 6.18 Å². The molecule has 2 N–H and O–H groups in total. The third-order valence-electron chi connectivity index (χ3n) is 4.52. The van der Waals surface area contributed by atoms with E-state index in [1.54, 1.807) is 36.5 Å². The Morgan fingerprint density at radius 2 is 1.97 bits per heavy atom. The first-order chi connectivity index (χ1) is 16.6. The molecule has 0 aliphatic rings. The topological polar surface area (TPSA) is 79.4 Å². The number of likely N-dealkylation sites (N-methyl/N-ethyl adjacent to an activating group) is 1. The van der Waals surface area contributed by atoms with Gasteiger partial charge in [-0.25, -0.2) is 4.98 Å². The molecule has 0 atom stereocenters. The molecule has 1 heterocycles. The standard InChI is InChI=1S/C24H23ClF3N5O2/c1-33(2)13-12-30-23-29-11-10-22(32-23)35-18-5-3-4-16(14-18)6-9-21(34)31-17-7-8-20(25)19(15-17)24(26,27)28/h3-11,14-15H,12-13H2,1-2H3,(H,31,34)(H,29,30,32). The summed E-state index contributed by atoms with van der Waals surface area (Å²) < 4.78 is 44.8. The van der Waals surface area contributed by atoms with Crippen molar-refractivity contribution in [1.29, 1.82) is 0 Å². The van der Waals surface area contributed by atoms with Gasteiger partial charge in [-0.05, 0) is 56.1 Å². The van der Waals surface area contributed by atoms with Crippen molar-refractivity contribution >= 4 is 35.2 Å². The highest BCUT2D eigenvalue weighted by Gasteiger charge is 2.33. The van der Waals surface area contributed by atoms with Crippen LogP contribution in [0.4, 0.5) is 24.8 Å². The fourth-order valence-electron chi connectivity index (χ4n) is 2.85. The van der Waals surface area contributed by atoms with E-state index in [9.17, 15) is 18.0 Å². The predicted octanol–water partition coefficient (Wildman–Crippen LogP) is 5.57. The number of anilines is 2. The minimum Gasteiger partial charge on any atom is -0.439 e. The highest BCUT2D eigenvalue weighted by atomic mass is 35.5. The Balaban J connectivity index is 1.62. The molecule has 3 rings (SSSR count). The minimum atomic E-state index is -4.62. The molecule has 11 heteroatoms. The van der Waals surface area contributed by atoms with E-state index in [2.05, 4.69) is 20.6 Å². The number of alkyl halides is 3. The van der Waals surface area contributed by atoms with Crippen LogP contribution in [0.3, 0.4) is 0 Å². The Bertz CT molecular complexity index is 1200. The number of benzene rings is 2. The summed E-state index contributed by atoms with van der Waals surface area (Å²) in [4.78, 5) is 22.7. The Kier molecular flexibility index (Phi) is 8.67. The second-order valence-electron chi connectivity index (χ2n) is 7.64. The molecular weight excluding hydrogens is 483 g/mol. The highest BCUT2D eigenvalue weighted by Crippen LogP contribution is 2.36. The molecule has 0 aliphatic heterocycles. The van der Waals surface area contributed by atoms with Crippen LogP contribution < -0.4 is 15.4 Å². The maximum Gasteiger partial charge on any atom is 0.417 e. The second kappa shape index (κ2) is 11.7. The second-order valence-corrected chi connectivity index (χ2v) is 8.05. The number of nitrogens with one attached hydrogen (secondary N) is 2. The minimum absolute atomic E-state index is 0.0211. The Hall–Kier alpha value is -3.63. The van der Waals surface area contributed by atoms with E-state index in [4.69, 9.17) is 16.3 Å². The van der Waals surface area contributed by atoms with Crippen LogP contribution in [0.2, 0.25) is 5.02 Å². The van der Waals surface area contributed by atoms with Gasteiger partial charge in [-0.15, -0.1) is 0 Å². The van der Waals surface area contributed by atoms with Crippen molar-refractivity contribution in [2.24, 2.45) is 0 Å². The summed E-state index contributed by atoms with van der Waals surface area (Å²) in [5.74, 6) is 0.663. The molecule has 1 aromatic heterocycles. The van der Waals surface area contributed by atoms with Crippen molar-refractivity contribution in [3.63, 3.8) is 0 Å². The van der Waals surface area contributed by atoms with Crippen LogP contribution in [0.1, 0.15) is 11.1 Å². The van der Waals surface area contributed by atoms with Crippen LogP contribution >= 0.6 is 11.6 Å². The summed E-state index contributed by atoms with van der Waals surface area (Å²) >= 11 is 5.60. The molecule has 3 aromatic rings. The number of halogens is 4. The zero-order valence-electron chi connectivity index (χ0n) is 18.9. The van der Waals surface area contributed by atoms with Gasteiger partial charge in [0.05, 0.1) is 10.6 Å². The van der Waals surface area contributed by atoms with Crippen LogP contribution in [0.25, 0.3) is 6.08 Å².